The lowest BCUT2D eigenvalue weighted by Gasteiger charge is -2.22. The zero-order chi connectivity index (χ0) is 15.1. The fraction of sp³-hybridized carbons (Fsp3) is 0.278. The Morgan fingerprint density at radius 3 is 2.24 bits per heavy atom. The molecule has 0 unspecified atom stereocenters. The van der Waals surface area contributed by atoms with Gasteiger partial charge >= 0.3 is 6.09 Å². The van der Waals surface area contributed by atoms with Gasteiger partial charge in [-0.1, -0.05) is 49.2 Å². The van der Waals surface area contributed by atoms with Crippen molar-refractivity contribution in [1.82, 2.24) is 0 Å². The summed E-state index contributed by atoms with van der Waals surface area (Å²) in [5, 5.41) is 0. The number of hydrogen-bond acceptors (Lipinski definition) is 2. The van der Waals surface area contributed by atoms with Crippen LogP contribution in [0.3, 0.4) is 0 Å². The van der Waals surface area contributed by atoms with Crippen molar-refractivity contribution in [2.75, 3.05) is 11.5 Å². The molecule has 0 spiro atoms. The number of ether oxygens (including phenoxy) is 1. The zero-order valence-corrected chi connectivity index (χ0v) is 12.6. The number of amides is 1. The van der Waals surface area contributed by atoms with Crippen molar-refractivity contribution in [2.45, 2.75) is 26.7 Å². The molecule has 2 rings (SSSR count). The highest BCUT2D eigenvalue weighted by Gasteiger charge is 2.18. The van der Waals surface area contributed by atoms with E-state index >= 15 is 0 Å². The predicted octanol–water partition coefficient (Wildman–Crippen LogP) is 5.07. The molecule has 0 heterocycles. The van der Waals surface area contributed by atoms with Gasteiger partial charge in [0.1, 0.15) is 0 Å². The third-order valence-electron chi connectivity index (χ3n) is 3.21. The van der Waals surface area contributed by atoms with Gasteiger partial charge in [-0.05, 0) is 37.6 Å². The second-order valence-electron chi connectivity index (χ2n) is 4.97. The average Bonchev–Trinajstić information content (AvgIpc) is 2.51. The van der Waals surface area contributed by atoms with E-state index in [0.717, 1.165) is 29.8 Å². The molecule has 0 N–H and O–H groups in total. The molecule has 21 heavy (non-hydrogen) atoms. The van der Waals surface area contributed by atoms with Gasteiger partial charge in [-0.2, -0.15) is 0 Å². The number of para-hydroxylation sites is 1. The van der Waals surface area contributed by atoms with Crippen LogP contribution in [-0.2, 0) is 4.74 Å². The summed E-state index contributed by atoms with van der Waals surface area (Å²) in [6.45, 7) is 4.55. The molecule has 2 aromatic carbocycles. The van der Waals surface area contributed by atoms with Gasteiger partial charge in [0.25, 0.3) is 0 Å². The number of anilines is 2. The van der Waals surface area contributed by atoms with Gasteiger partial charge < -0.3 is 4.74 Å². The van der Waals surface area contributed by atoms with Gasteiger partial charge in [-0.15, -0.1) is 0 Å². The molecule has 1 amide bonds. The molecule has 3 heteroatoms. The van der Waals surface area contributed by atoms with Gasteiger partial charge in [0, 0.05) is 0 Å². The second kappa shape index (κ2) is 7.48. The average molecular weight is 283 g/mol. The Morgan fingerprint density at radius 1 is 1.00 bits per heavy atom. The van der Waals surface area contributed by atoms with Crippen molar-refractivity contribution in [2.24, 2.45) is 0 Å². The number of nitrogens with zero attached hydrogens (tertiary/aromatic N) is 1. The summed E-state index contributed by atoms with van der Waals surface area (Å²) in [7, 11) is 0. The van der Waals surface area contributed by atoms with E-state index < -0.39 is 0 Å². The van der Waals surface area contributed by atoms with Crippen molar-refractivity contribution in [1.29, 1.82) is 0 Å². The van der Waals surface area contributed by atoms with Crippen molar-refractivity contribution in [3.05, 3.63) is 60.2 Å². The lowest BCUT2D eigenvalue weighted by Crippen LogP contribution is -2.27. The smallest absolute Gasteiger partial charge is 0.418 e. The third-order valence-corrected chi connectivity index (χ3v) is 3.21. The molecule has 0 aromatic heterocycles. The SMILES string of the molecule is CCCCOC(=O)N(c1ccccc1)c1ccc(C)cc1. The lowest BCUT2D eigenvalue weighted by atomic mass is 10.2. The molecule has 110 valence electrons. The summed E-state index contributed by atoms with van der Waals surface area (Å²) in [6, 6.07) is 17.4. The van der Waals surface area contributed by atoms with E-state index in [9.17, 15) is 4.79 Å². The molecular weight excluding hydrogens is 262 g/mol. The number of hydrogen-bond donors (Lipinski definition) is 0. The van der Waals surface area contributed by atoms with Crippen LogP contribution >= 0.6 is 0 Å². The monoisotopic (exact) mass is 283 g/mol. The Hall–Kier alpha value is -2.29. The Morgan fingerprint density at radius 2 is 1.62 bits per heavy atom. The van der Waals surface area contributed by atoms with Crippen LogP contribution in [0, 0.1) is 6.92 Å². The summed E-state index contributed by atoms with van der Waals surface area (Å²) in [6.07, 6.45) is 1.55. The number of aryl methyl sites for hydroxylation is 1. The van der Waals surface area contributed by atoms with E-state index in [1.54, 1.807) is 4.90 Å². The predicted molar refractivity (Wildman–Crippen MR) is 86.0 cm³/mol. The Kier molecular flexibility index (Phi) is 5.38. The highest BCUT2D eigenvalue weighted by Crippen LogP contribution is 2.26. The molecular formula is C18H21NO2. The fourth-order valence-corrected chi connectivity index (χ4v) is 2.00. The van der Waals surface area contributed by atoms with Crippen LogP contribution in [0.4, 0.5) is 16.2 Å². The van der Waals surface area contributed by atoms with Crippen LogP contribution in [0.15, 0.2) is 54.6 Å². The van der Waals surface area contributed by atoms with E-state index in [0.29, 0.717) is 6.61 Å². The highest BCUT2D eigenvalue weighted by molar-refractivity contribution is 5.95. The largest absolute Gasteiger partial charge is 0.449 e. The minimum atomic E-state index is -0.335. The van der Waals surface area contributed by atoms with Gasteiger partial charge in [-0.3, -0.25) is 0 Å². The molecule has 0 aliphatic carbocycles. The Bertz CT molecular complexity index is 564. The molecule has 0 radical (unpaired) electrons. The number of unbranched alkanes of at least 4 members (excludes halogenated alkanes) is 1. The molecule has 0 aliphatic heterocycles. The quantitative estimate of drug-likeness (QED) is 0.717. The first kappa shape index (κ1) is 15.1. The van der Waals surface area contributed by atoms with Crippen LogP contribution in [-0.4, -0.2) is 12.7 Å². The first-order valence-corrected chi connectivity index (χ1v) is 7.31. The molecule has 2 aromatic rings. The number of rotatable bonds is 5. The minimum Gasteiger partial charge on any atom is -0.449 e. The second-order valence-corrected chi connectivity index (χ2v) is 4.97. The standard InChI is InChI=1S/C18H21NO2/c1-3-4-14-21-18(20)19(16-8-6-5-7-9-16)17-12-10-15(2)11-13-17/h5-13H,3-4,14H2,1-2H3. The highest BCUT2D eigenvalue weighted by atomic mass is 16.6. The summed E-state index contributed by atoms with van der Waals surface area (Å²) in [5.41, 5.74) is 2.78. The van der Waals surface area contributed by atoms with Crippen molar-refractivity contribution >= 4 is 17.5 Å². The molecule has 0 atom stereocenters. The van der Waals surface area contributed by atoms with Crippen LogP contribution in [0.1, 0.15) is 25.3 Å². The Labute approximate surface area is 126 Å². The molecule has 0 bridgehead atoms. The summed E-state index contributed by atoms with van der Waals surface area (Å²) in [4.78, 5) is 14.0. The molecule has 0 aliphatic rings. The molecule has 0 saturated heterocycles. The minimum absolute atomic E-state index is 0.335. The van der Waals surface area contributed by atoms with Crippen molar-refractivity contribution < 1.29 is 9.53 Å². The normalized spacial score (nSPS) is 10.2. The summed E-state index contributed by atoms with van der Waals surface area (Å²) < 4.78 is 5.37. The van der Waals surface area contributed by atoms with Crippen LogP contribution in [0.2, 0.25) is 0 Å². The van der Waals surface area contributed by atoms with Crippen molar-refractivity contribution in [3.8, 4) is 0 Å². The molecule has 3 nitrogen and oxygen atoms in total. The van der Waals surface area contributed by atoms with Crippen LogP contribution in [0.5, 0.6) is 0 Å². The van der Waals surface area contributed by atoms with E-state index in [4.69, 9.17) is 4.74 Å². The van der Waals surface area contributed by atoms with Crippen LogP contribution in [0.25, 0.3) is 0 Å². The van der Waals surface area contributed by atoms with Crippen molar-refractivity contribution in [3.63, 3.8) is 0 Å². The summed E-state index contributed by atoms with van der Waals surface area (Å²) >= 11 is 0. The number of carbonyl (C=O) groups is 1. The van der Waals surface area contributed by atoms with E-state index in [-0.39, 0.29) is 6.09 Å². The van der Waals surface area contributed by atoms with E-state index in [1.807, 2.05) is 61.5 Å². The van der Waals surface area contributed by atoms with E-state index in [1.165, 1.54) is 0 Å². The maximum Gasteiger partial charge on any atom is 0.418 e. The topological polar surface area (TPSA) is 29.5 Å². The summed E-state index contributed by atoms with van der Waals surface area (Å²) in [5.74, 6) is 0. The fourth-order valence-electron chi connectivity index (χ4n) is 2.00. The number of benzene rings is 2. The first-order valence-electron chi connectivity index (χ1n) is 7.31. The number of carbonyl (C=O) groups excluding carboxylic acids is 1. The lowest BCUT2D eigenvalue weighted by molar-refractivity contribution is 0.155. The van der Waals surface area contributed by atoms with Gasteiger partial charge in [-0.25, -0.2) is 9.69 Å². The maximum absolute atomic E-state index is 12.4. The van der Waals surface area contributed by atoms with Crippen LogP contribution < -0.4 is 4.90 Å². The Balaban J connectivity index is 2.26. The van der Waals surface area contributed by atoms with Gasteiger partial charge in [0.05, 0.1) is 18.0 Å². The van der Waals surface area contributed by atoms with Gasteiger partial charge in [0.15, 0.2) is 0 Å². The first-order chi connectivity index (χ1) is 10.2. The maximum atomic E-state index is 12.4. The van der Waals surface area contributed by atoms with E-state index in [2.05, 4.69) is 6.92 Å². The molecule has 0 fully saturated rings. The third kappa shape index (κ3) is 4.09. The zero-order valence-electron chi connectivity index (χ0n) is 12.6. The molecule has 0 saturated carbocycles. The van der Waals surface area contributed by atoms with Gasteiger partial charge in [0.2, 0.25) is 0 Å².